The van der Waals surface area contributed by atoms with E-state index in [0.717, 1.165) is 65.0 Å². The molecule has 426 valence electrons. The molecular weight excluding hydrogens is 1060 g/mol. The van der Waals surface area contributed by atoms with Crippen molar-refractivity contribution in [2.75, 3.05) is 52.0 Å². The molecule has 2 aromatic heterocycles. The van der Waals surface area contributed by atoms with Crippen molar-refractivity contribution >= 4 is 29.8 Å². The average molecular weight is 1120 g/mol. The van der Waals surface area contributed by atoms with Crippen LogP contribution in [0.3, 0.4) is 0 Å². The predicted octanol–water partition coefficient (Wildman–Crippen LogP) is 6.49. The number of hydrogen-bond donors (Lipinski definition) is 5. The largest absolute Gasteiger partial charge is 0.453 e. The summed E-state index contributed by atoms with van der Waals surface area (Å²) in [4.78, 5) is 62.4. The molecule has 5 heterocycles. The van der Waals surface area contributed by atoms with Crippen LogP contribution >= 0.6 is 0 Å². The molecule has 5 N–H and O–H groups in total. The number of pyridine rings is 1. The number of nitrogens with one attached hydrogen (secondary N) is 4. The highest BCUT2D eigenvalue weighted by atomic mass is 19.4. The summed E-state index contributed by atoms with van der Waals surface area (Å²) in [6.07, 6.45) is -12.4. The summed E-state index contributed by atoms with van der Waals surface area (Å²) < 4.78 is 160. The number of carbonyl (C=O) groups excluding carboxylic acids is 4. The fourth-order valence-corrected chi connectivity index (χ4v) is 9.45. The number of aromatic nitrogens is 3. The molecule has 18 nitrogen and oxygen atoms in total. The van der Waals surface area contributed by atoms with E-state index in [2.05, 4.69) is 29.7 Å². The predicted molar refractivity (Wildman–Crippen MR) is 258 cm³/mol. The van der Waals surface area contributed by atoms with Crippen molar-refractivity contribution in [2.45, 2.75) is 108 Å². The molecule has 2 bridgehead atoms. The molecule has 0 spiro atoms. The molecule has 6 atom stereocenters. The third-order valence-corrected chi connectivity index (χ3v) is 14.5. The second-order valence-corrected chi connectivity index (χ2v) is 20.4. The maximum absolute atomic E-state index is 16.0. The number of nitrogens with zero attached hydrogens (tertiary/aromatic N) is 6. The van der Waals surface area contributed by atoms with Gasteiger partial charge in [-0.25, -0.2) is 33.0 Å². The van der Waals surface area contributed by atoms with Gasteiger partial charge in [-0.3, -0.25) is 19.9 Å². The number of halogens is 10. The Kier molecular flexibility index (Phi) is 17.6. The molecular formula is C50H58F10N10O8. The molecule has 0 radical (unpaired) electrons. The maximum Gasteiger partial charge on any atom is 0.407 e. The summed E-state index contributed by atoms with van der Waals surface area (Å²) in [6, 6.07) is 6.88. The van der Waals surface area contributed by atoms with Gasteiger partial charge in [0.1, 0.15) is 29.5 Å². The number of piperazine rings is 1. The number of likely N-dealkylation sites (tertiary alicyclic amines) is 1. The van der Waals surface area contributed by atoms with Crippen molar-refractivity contribution < 1.29 is 82.4 Å². The second-order valence-electron chi connectivity index (χ2n) is 20.4. The van der Waals surface area contributed by atoms with E-state index in [9.17, 15) is 59.4 Å². The summed E-state index contributed by atoms with van der Waals surface area (Å²) >= 11 is 0. The van der Waals surface area contributed by atoms with E-state index in [1.165, 1.54) is 0 Å². The number of hydrogen-bond acceptors (Lipinski definition) is 13. The number of anilines is 1. The lowest BCUT2D eigenvalue weighted by atomic mass is 9.82. The van der Waals surface area contributed by atoms with Gasteiger partial charge < -0.3 is 40.2 Å². The first-order valence-electron chi connectivity index (χ1n) is 24.4. The van der Waals surface area contributed by atoms with E-state index in [4.69, 9.17) is 9.72 Å². The zero-order valence-electron chi connectivity index (χ0n) is 42.9. The third kappa shape index (κ3) is 12.9. The summed E-state index contributed by atoms with van der Waals surface area (Å²) in [5.41, 5.74) is -4.04. The van der Waals surface area contributed by atoms with Gasteiger partial charge in [-0.1, -0.05) is 24.3 Å². The minimum absolute atomic E-state index is 0.202. The number of amides is 4. The molecule has 4 aromatic rings. The summed E-state index contributed by atoms with van der Waals surface area (Å²) in [5, 5.41) is 22.1. The fourth-order valence-electron chi connectivity index (χ4n) is 9.45. The summed E-state index contributed by atoms with van der Waals surface area (Å²) in [6.45, 7) is 0.0804. The highest BCUT2D eigenvalue weighted by Gasteiger charge is 2.57. The van der Waals surface area contributed by atoms with E-state index in [-0.39, 0.29) is 15.9 Å². The van der Waals surface area contributed by atoms with Crippen LogP contribution in [-0.4, -0.2) is 156 Å². The molecule has 3 aliphatic rings. The van der Waals surface area contributed by atoms with Crippen LogP contribution in [0.25, 0.3) is 22.4 Å². The fraction of sp³-hybridized carbons (Fsp3) is 0.520. The van der Waals surface area contributed by atoms with E-state index < -0.39 is 115 Å². The number of hydrazine groups is 1. The van der Waals surface area contributed by atoms with Gasteiger partial charge in [0.05, 0.1) is 62.1 Å². The Balaban J connectivity index is 1.20. The molecule has 28 heteroatoms. The number of carbonyl (C=O) groups is 4. The van der Waals surface area contributed by atoms with Crippen LogP contribution in [0.4, 0.5) is 59.3 Å². The number of benzene rings is 2. The summed E-state index contributed by atoms with van der Waals surface area (Å²) in [5.74, 6) is -5.25. The van der Waals surface area contributed by atoms with Crippen molar-refractivity contribution in [3.05, 3.63) is 89.8 Å². The van der Waals surface area contributed by atoms with Gasteiger partial charge in [0.2, 0.25) is 5.91 Å². The number of rotatable bonds is 20. The Bertz CT molecular complexity index is 2760. The Morgan fingerprint density at radius 2 is 1.35 bits per heavy atom. The van der Waals surface area contributed by atoms with Crippen LogP contribution in [0.1, 0.15) is 51.8 Å². The van der Waals surface area contributed by atoms with Crippen molar-refractivity contribution in [1.29, 1.82) is 0 Å². The highest BCUT2D eigenvalue weighted by Crippen LogP contribution is 2.42. The van der Waals surface area contributed by atoms with Gasteiger partial charge in [-0.15, -0.1) is 0 Å². The van der Waals surface area contributed by atoms with Gasteiger partial charge in [0, 0.05) is 67.3 Å². The first kappa shape index (κ1) is 58.9. The molecule has 3 fully saturated rings. The van der Waals surface area contributed by atoms with Crippen LogP contribution < -0.4 is 26.3 Å². The van der Waals surface area contributed by atoms with E-state index >= 15 is 8.78 Å². The molecule has 2 aromatic carbocycles. The number of aliphatic hydroxyl groups excluding tert-OH is 1. The van der Waals surface area contributed by atoms with E-state index in [1.54, 1.807) is 35.8 Å². The Labute approximate surface area is 440 Å². The molecule has 3 aliphatic heterocycles. The lowest BCUT2D eigenvalue weighted by Gasteiger charge is -2.42. The van der Waals surface area contributed by atoms with Crippen LogP contribution in [-0.2, 0) is 36.8 Å². The number of alkyl carbamates (subject to hydrolysis) is 2. The van der Waals surface area contributed by atoms with E-state index in [1.807, 2.05) is 22.9 Å². The van der Waals surface area contributed by atoms with Crippen LogP contribution in [0.5, 0.6) is 0 Å². The standard InChI is InChI=1S/C50H58F10N10O8/c1-47(2,49(55,56)57)40(63-45(74)76-5)42(72)62-37(15-26-7-9-27(10-8-26)28-11-12-39(61-19-28)69-21-30-18-31(69)20-68(30)32-24-78-25-32)38(71)23-67(66-43(73)41(64-46(75)77-6)48(3,4)50(58,59)60)22-33-34(51)16-29(17-35(33)52)36-13-14-70(65-36)44(53)54/h7-14,16-17,19,30-32,37-38,40-41,44,71H,15,18,20-25H2,1-6H3,(H,62,72)(H,63,74)(H,64,75)(H,66,73)/t30-,31-,37+,38+,40?,41-/m1/s1. The number of alkyl halides is 8. The molecule has 7 rings (SSSR count). The lowest BCUT2D eigenvalue weighted by Crippen LogP contribution is -2.63. The Morgan fingerprint density at radius 3 is 1.82 bits per heavy atom. The highest BCUT2D eigenvalue weighted by molar-refractivity contribution is 5.87. The number of ether oxygens (including phenoxy) is 3. The van der Waals surface area contributed by atoms with Gasteiger partial charge in [-0.05, 0) is 82.0 Å². The maximum atomic E-state index is 16.0. The van der Waals surface area contributed by atoms with Gasteiger partial charge in [-0.2, -0.15) is 40.2 Å². The number of methoxy groups -OCH3 is 2. The van der Waals surface area contributed by atoms with Gasteiger partial charge in [0.15, 0.2) is 0 Å². The Hall–Kier alpha value is -6.78. The van der Waals surface area contributed by atoms with Crippen molar-refractivity contribution in [2.24, 2.45) is 10.8 Å². The van der Waals surface area contributed by atoms with E-state index in [0.29, 0.717) is 79.7 Å². The molecule has 3 saturated heterocycles. The van der Waals surface area contributed by atoms with Crippen molar-refractivity contribution in [1.82, 2.24) is 46.0 Å². The number of aliphatic hydroxyl groups is 1. The van der Waals surface area contributed by atoms with Crippen LogP contribution in [0.2, 0.25) is 0 Å². The minimum Gasteiger partial charge on any atom is -0.453 e. The first-order valence-corrected chi connectivity index (χ1v) is 24.4. The smallest absolute Gasteiger partial charge is 0.407 e. The van der Waals surface area contributed by atoms with Crippen molar-refractivity contribution in [3.8, 4) is 22.4 Å². The monoisotopic (exact) mass is 1120 g/mol. The SMILES string of the molecule is COC(=O)NC(C(=O)N[C@@H](Cc1ccc(-c2ccc(N3C[C@H]4C[C@@H]3CN4C3COC3)nc2)cc1)[C@@H](O)CN(Cc1c(F)cc(-c2ccn(C(F)F)n2)cc1F)NC(=O)[C@@H](NC(=O)OC)C(C)(C)C(F)(F)F)C(C)(C)C(F)(F)F. The molecule has 0 saturated carbocycles. The normalized spacial score (nSPS) is 18.8. The van der Waals surface area contributed by atoms with Crippen LogP contribution in [0.15, 0.2) is 67.0 Å². The third-order valence-electron chi connectivity index (χ3n) is 14.5. The molecule has 0 aliphatic carbocycles. The quantitative estimate of drug-likeness (QED) is 0.0475. The van der Waals surface area contributed by atoms with Gasteiger partial charge >= 0.3 is 31.1 Å². The Morgan fingerprint density at radius 1 is 0.769 bits per heavy atom. The second kappa shape index (κ2) is 23.3. The lowest BCUT2D eigenvalue weighted by molar-refractivity contribution is -0.221. The zero-order chi connectivity index (χ0) is 57.2. The van der Waals surface area contributed by atoms with Gasteiger partial charge in [0.25, 0.3) is 5.91 Å². The topological polar surface area (TPSA) is 205 Å². The zero-order valence-corrected chi connectivity index (χ0v) is 42.9. The molecule has 4 amide bonds. The first-order chi connectivity index (χ1) is 36.5. The molecule has 1 unspecified atom stereocenters. The minimum atomic E-state index is -5.23. The average Bonchev–Trinajstić information content (AvgIpc) is 4.13. The van der Waals surface area contributed by atoms with Crippen molar-refractivity contribution in [3.63, 3.8) is 0 Å². The van der Waals surface area contributed by atoms with Crippen LogP contribution in [0, 0.1) is 22.5 Å². The summed E-state index contributed by atoms with van der Waals surface area (Å²) in [7, 11) is 1.61. The molecule has 78 heavy (non-hydrogen) atoms. The number of fused-ring (bicyclic) bond motifs is 2.